The number of carbonyl (C=O) groups is 1. The first-order valence-electron chi connectivity index (χ1n) is 3.41. The lowest BCUT2D eigenvalue weighted by atomic mass is 10.2. The lowest BCUT2D eigenvalue weighted by Gasteiger charge is -1.97. The van der Waals surface area contributed by atoms with Crippen molar-refractivity contribution in [2.24, 2.45) is 0 Å². The van der Waals surface area contributed by atoms with E-state index in [1.807, 2.05) is 12.1 Å². The van der Waals surface area contributed by atoms with Crippen molar-refractivity contribution < 1.29 is 4.79 Å². The van der Waals surface area contributed by atoms with Gasteiger partial charge in [0.15, 0.2) is 5.78 Å². The molecule has 0 saturated carbocycles. The van der Waals surface area contributed by atoms with E-state index in [1.54, 1.807) is 6.07 Å². The number of Topliss-reactive ketones (excluding diaryl/α,β-unsaturated/α-hetero) is 1. The number of pyridine rings is 1. The normalized spacial score (nSPS) is 9.83. The maximum Gasteiger partial charge on any atom is 0.153 e. The van der Waals surface area contributed by atoms with E-state index in [0.29, 0.717) is 6.42 Å². The summed E-state index contributed by atoms with van der Waals surface area (Å²) in [6.07, 6.45) is 0.308. The van der Waals surface area contributed by atoms with Crippen molar-refractivity contribution in [2.75, 3.05) is 5.88 Å². The van der Waals surface area contributed by atoms with Crippen molar-refractivity contribution in [1.82, 2.24) is 4.98 Å². The van der Waals surface area contributed by atoms with Gasteiger partial charge in [0.1, 0.15) is 4.60 Å². The third kappa shape index (κ3) is 2.91. The summed E-state index contributed by atoms with van der Waals surface area (Å²) in [5, 5.41) is 0. The van der Waals surface area contributed by atoms with Crippen LogP contribution in [0.3, 0.4) is 0 Å². The summed E-state index contributed by atoms with van der Waals surface area (Å²) in [5.74, 6) is 0.0380. The minimum atomic E-state index is -0.0118. The van der Waals surface area contributed by atoms with Crippen LogP contribution in [0, 0.1) is 0 Å². The van der Waals surface area contributed by atoms with Crippen LogP contribution in [0.4, 0.5) is 0 Å². The Morgan fingerprint density at radius 2 is 2.33 bits per heavy atom. The molecular formula is C8H7BrClNO. The highest BCUT2D eigenvalue weighted by atomic mass is 79.9. The molecule has 0 fully saturated rings. The van der Waals surface area contributed by atoms with Gasteiger partial charge < -0.3 is 0 Å². The molecule has 4 heteroatoms. The molecule has 0 aliphatic carbocycles. The summed E-state index contributed by atoms with van der Waals surface area (Å²) in [4.78, 5) is 15.0. The second-order valence-electron chi connectivity index (χ2n) is 2.30. The maximum atomic E-state index is 10.9. The molecule has 0 unspecified atom stereocenters. The molecule has 0 amide bonds. The van der Waals surface area contributed by atoms with Crippen molar-refractivity contribution in [3.63, 3.8) is 0 Å². The second-order valence-corrected chi connectivity index (χ2v) is 3.38. The Morgan fingerprint density at radius 3 is 2.92 bits per heavy atom. The van der Waals surface area contributed by atoms with E-state index in [9.17, 15) is 4.79 Å². The molecule has 2 nitrogen and oxygen atoms in total. The molecule has 1 aromatic heterocycles. The molecular weight excluding hydrogens is 241 g/mol. The Hall–Kier alpha value is -0.410. The lowest BCUT2D eigenvalue weighted by molar-refractivity contribution is -0.116. The largest absolute Gasteiger partial charge is 0.298 e. The number of alkyl halides is 1. The highest BCUT2D eigenvalue weighted by Crippen LogP contribution is 2.06. The van der Waals surface area contributed by atoms with Crippen molar-refractivity contribution in [3.8, 4) is 0 Å². The minimum Gasteiger partial charge on any atom is -0.298 e. The summed E-state index contributed by atoms with van der Waals surface area (Å²) >= 11 is 8.57. The van der Waals surface area contributed by atoms with Crippen LogP contribution in [-0.2, 0) is 11.2 Å². The number of aromatic nitrogens is 1. The first kappa shape index (κ1) is 9.68. The Kier molecular flexibility index (Phi) is 3.69. The number of ketones is 1. The van der Waals surface area contributed by atoms with Gasteiger partial charge in [0.25, 0.3) is 0 Å². The van der Waals surface area contributed by atoms with Crippen molar-refractivity contribution in [3.05, 3.63) is 28.5 Å². The monoisotopic (exact) mass is 247 g/mol. The molecule has 1 heterocycles. The van der Waals surface area contributed by atoms with Crippen LogP contribution in [0.1, 0.15) is 5.69 Å². The first-order valence-corrected chi connectivity index (χ1v) is 4.74. The average Bonchev–Trinajstić information content (AvgIpc) is 2.04. The molecule has 1 rings (SSSR count). The topological polar surface area (TPSA) is 30.0 Å². The van der Waals surface area contributed by atoms with Crippen LogP contribution in [0.25, 0.3) is 0 Å². The van der Waals surface area contributed by atoms with Crippen LogP contribution in [0.2, 0.25) is 0 Å². The number of hydrogen-bond acceptors (Lipinski definition) is 2. The maximum absolute atomic E-state index is 10.9. The fraction of sp³-hybridized carbons (Fsp3) is 0.250. The highest BCUT2D eigenvalue weighted by Gasteiger charge is 2.02. The molecule has 0 aromatic carbocycles. The van der Waals surface area contributed by atoms with Gasteiger partial charge in [-0.2, -0.15) is 0 Å². The number of rotatable bonds is 3. The van der Waals surface area contributed by atoms with Crippen molar-refractivity contribution in [2.45, 2.75) is 6.42 Å². The van der Waals surface area contributed by atoms with Crippen LogP contribution < -0.4 is 0 Å². The van der Waals surface area contributed by atoms with Gasteiger partial charge in [0.05, 0.1) is 5.88 Å². The van der Waals surface area contributed by atoms with Crippen molar-refractivity contribution >= 4 is 33.3 Å². The molecule has 1 aromatic rings. The van der Waals surface area contributed by atoms with Crippen LogP contribution in [0.5, 0.6) is 0 Å². The van der Waals surface area contributed by atoms with E-state index in [2.05, 4.69) is 20.9 Å². The third-order valence-electron chi connectivity index (χ3n) is 1.30. The van der Waals surface area contributed by atoms with E-state index in [1.165, 1.54) is 0 Å². The van der Waals surface area contributed by atoms with E-state index < -0.39 is 0 Å². The average molecular weight is 249 g/mol. The summed E-state index contributed by atoms with van der Waals surface area (Å²) in [7, 11) is 0. The standard InChI is InChI=1S/C8H7BrClNO/c9-8-3-1-2-6(11-8)4-7(12)5-10/h1-3H,4-5H2. The third-order valence-corrected chi connectivity index (χ3v) is 2.04. The fourth-order valence-corrected chi connectivity index (χ4v) is 1.27. The first-order chi connectivity index (χ1) is 5.72. The summed E-state index contributed by atoms with van der Waals surface area (Å²) in [5.41, 5.74) is 0.745. The Bertz CT molecular complexity index is 290. The molecule has 0 N–H and O–H groups in total. The number of hydrogen-bond donors (Lipinski definition) is 0. The van der Waals surface area contributed by atoms with Gasteiger partial charge in [0, 0.05) is 12.1 Å². The highest BCUT2D eigenvalue weighted by molar-refractivity contribution is 9.10. The van der Waals surface area contributed by atoms with Gasteiger partial charge >= 0.3 is 0 Å². The van der Waals surface area contributed by atoms with E-state index in [-0.39, 0.29) is 11.7 Å². The quantitative estimate of drug-likeness (QED) is 0.606. The molecule has 0 saturated heterocycles. The summed E-state index contributed by atoms with van der Waals surface area (Å²) in [6.45, 7) is 0. The van der Waals surface area contributed by atoms with Gasteiger partial charge in [-0.25, -0.2) is 4.98 Å². The number of carbonyl (C=O) groups excluding carboxylic acids is 1. The SMILES string of the molecule is O=C(CCl)Cc1cccc(Br)n1. The molecule has 0 aliphatic heterocycles. The second kappa shape index (κ2) is 4.58. The zero-order valence-corrected chi connectivity index (χ0v) is 8.60. The Labute approximate surface area is 84.1 Å². The predicted octanol–water partition coefficient (Wildman–Crippen LogP) is 2.19. The molecule has 0 bridgehead atoms. The smallest absolute Gasteiger partial charge is 0.153 e. The number of halogens is 2. The van der Waals surface area contributed by atoms with Crippen LogP contribution >= 0.6 is 27.5 Å². The molecule has 64 valence electrons. The van der Waals surface area contributed by atoms with Gasteiger partial charge in [-0.1, -0.05) is 6.07 Å². The molecule has 12 heavy (non-hydrogen) atoms. The lowest BCUT2D eigenvalue weighted by Crippen LogP contribution is -2.05. The number of nitrogens with zero attached hydrogens (tertiary/aromatic N) is 1. The molecule has 0 aliphatic rings. The molecule has 0 spiro atoms. The van der Waals surface area contributed by atoms with E-state index in [0.717, 1.165) is 10.3 Å². The van der Waals surface area contributed by atoms with Gasteiger partial charge in [-0.15, -0.1) is 11.6 Å². The van der Waals surface area contributed by atoms with Crippen molar-refractivity contribution in [1.29, 1.82) is 0 Å². The van der Waals surface area contributed by atoms with Crippen LogP contribution in [0.15, 0.2) is 22.8 Å². The minimum absolute atomic E-state index is 0.0118. The van der Waals surface area contributed by atoms with E-state index in [4.69, 9.17) is 11.6 Å². The van der Waals surface area contributed by atoms with Crippen LogP contribution in [-0.4, -0.2) is 16.6 Å². The zero-order chi connectivity index (χ0) is 8.97. The zero-order valence-electron chi connectivity index (χ0n) is 6.26. The predicted molar refractivity (Wildman–Crippen MR) is 51.4 cm³/mol. The van der Waals surface area contributed by atoms with Gasteiger partial charge in [-0.05, 0) is 28.1 Å². The fourth-order valence-electron chi connectivity index (χ4n) is 0.798. The van der Waals surface area contributed by atoms with Gasteiger partial charge in [-0.3, -0.25) is 4.79 Å². The Morgan fingerprint density at radius 1 is 1.58 bits per heavy atom. The van der Waals surface area contributed by atoms with Gasteiger partial charge in [0.2, 0.25) is 0 Å². The summed E-state index contributed by atoms with van der Waals surface area (Å²) < 4.78 is 0.738. The molecule has 0 atom stereocenters. The Balaban J connectivity index is 2.69. The van der Waals surface area contributed by atoms with E-state index >= 15 is 0 Å². The summed E-state index contributed by atoms with van der Waals surface area (Å²) in [6, 6.07) is 5.46. The molecule has 0 radical (unpaired) electrons.